The van der Waals surface area contributed by atoms with Crippen molar-refractivity contribution < 1.29 is 8.83 Å². The zero-order valence-corrected chi connectivity index (χ0v) is 26.7. The maximum Gasteiger partial charge on any atom is 0.167 e. The molecule has 234 valence electrons. The number of aromatic nitrogens is 3. The Kier molecular flexibility index (Phi) is 6.42. The van der Waals surface area contributed by atoms with Gasteiger partial charge in [0.25, 0.3) is 0 Å². The zero-order chi connectivity index (χ0) is 33.0. The van der Waals surface area contributed by atoms with Crippen LogP contribution in [-0.2, 0) is 0 Å². The minimum Gasteiger partial charge on any atom is -0.455 e. The van der Waals surface area contributed by atoms with Crippen LogP contribution in [0.2, 0.25) is 0 Å². The van der Waals surface area contributed by atoms with E-state index in [2.05, 4.69) is 72.8 Å². The van der Waals surface area contributed by atoms with Gasteiger partial charge in [-0.05, 0) is 46.5 Å². The third kappa shape index (κ3) is 4.52. The molecule has 0 aliphatic carbocycles. The minimum absolute atomic E-state index is 0.526. The summed E-state index contributed by atoms with van der Waals surface area (Å²) in [5.74, 6) is 1.62. The summed E-state index contributed by atoms with van der Waals surface area (Å²) in [6.07, 6.45) is 0. The van der Waals surface area contributed by atoms with Crippen molar-refractivity contribution >= 4 is 43.9 Å². The van der Waals surface area contributed by atoms with Crippen LogP contribution in [0.25, 0.3) is 100 Å². The Labute approximate surface area is 287 Å². The van der Waals surface area contributed by atoms with Gasteiger partial charge in [-0.1, -0.05) is 140 Å². The van der Waals surface area contributed by atoms with Crippen molar-refractivity contribution in [3.63, 3.8) is 0 Å². The molecule has 0 amide bonds. The molecule has 0 bridgehead atoms. The summed E-state index contributed by atoms with van der Waals surface area (Å²) in [5.41, 5.74) is 10.1. The van der Waals surface area contributed by atoms with Crippen molar-refractivity contribution in [1.29, 1.82) is 0 Å². The number of para-hydroxylation sites is 2. The fourth-order valence-corrected chi connectivity index (χ4v) is 7.10. The molecule has 0 aliphatic rings. The van der Waals surface area contributed by atoms with E-state index in [4.69, 9.17) is 23.8 Å². The maximum absolute atomic E-state index is 6.64. The zero-order valence-electron chi connectivity index (χ0n) is 26.7. The van der Waals surface area contributed by atoms with E-state index in [9.17, 15) is 0 Å². The number of rotatable bonds is 5. The molecular weight excluding hydrogens is 615 g/mol. The molecule has 5 heteroatoms. The SMILES string of the molecule is c1ccc(-c2nc(-c3cccc4c3oc3cccc(-c5ccccc5)c34)nc(-c3cccc4c3oc3cccc(-c5ccccc5)c34)n2)cc1. The van der Waals surface area contributed by atoms with Crippen LogP contribution in [0.5, 0.6) is 0 Å². The Balaban J connectivity index is 1.22. The maximum atomic E-state index is 6.64. The van der Waals surface area contributed by atoms with Crippen molar-refractivity contribution in [2.45, 2.75) is 0 Å². The molecule has 3 heterocycles. The normalized spacial score (nSPS) is 11.6. The van der Waals surface area contributed by atoms with Crippen molar-refractivity contribution in [3.8, 4) is 56.4 Å². The second kappa shape index (κ2) is 11.4. The van der Waals surface area contributed by atoms with E-state index >= 15 is 0 Å². The number of hydrogen-bond donors (Lipinski definition) is 0. The predicted molar refractivity (Wildman–Crippen MR) is 202 cm³/mol. The molecule has 0 N–H and O–H groups in total. The van der Waals surface area contributed by atoms with E-state index in [0.717, 1.165) is 82.8 Å². The molecule has 5 nitrogen and oxygen atoms in total. The van der Waals surface area contributed by atoms with Crippen LogP contribution >= 0.6 is 0 Å². The van der Waals surface area contributed by atoms with Gasteiger partial charge in [0.15, 0.2) is 17.5 Å². The van der Waals surface area contributed by atoms with Crippen molar-refractivity contribution in [2.24, 2.45) is 0 Å². The first-order valence-corrected chi connectivity index (χ1v) is 16.6. The third-order valence-corrected chi connectivity index (χ3v) is 9.36. The van der Waals surface area contributed by atoms with Crippen molar-refractivity contribution in [3.05, 3.63) is 164 Å². The average Bonchev–Trinajstić information content (AvgIpc) is 3.78. The van der Waals surface area contributed by atoms with Crippen LogP contribution in [0.4, 0.5) is 0 Å². The highest BCUT2D eigenvalue weighted by molar-refractivity contribution is 6.16. The van der Waals surface area contributed by atoms with E-state index in [1.807, 2.05) is 91.0 Å². The van der Waals surface area contributed by atoms with Crippen LogP contribution < -0.4 is 0 Å². The molecule has 50 heavy (non-hydrogen) atoms. The van der Waals surface area contributed by atoms with Crippen LogP contribution in [0.15, 0.2) is 173 Å². The van der Waals surface area contributed by atoms with Gasteiger partial charge in [0.2, 0.25) is 0 Å². The van der Waals surface area contributed by atoms with E-state index in [1.165, 1.54) is 0 Å². The van der Waals surface area contributed by atoms with Gasteiger partial charge in [0.1, 0.15) is 22.3 Å². The first kappa shape index (κ1) is 28.2. The van der Waals surface area contributed by atoms with Crippen molar-refractivity contribution in [2.75, 3.05) is 0 Å². The lowest BCUT2D eigenvalue weighted by molar-refractivity contribution is 0.669. The highest BCUT2D eigenvalue weighted by Crippen LogP contribution is 2.42. The van der Waals surface area contributed by atoms with Gasteiger partial charge in [-0.15, -0.1) is 0 Å². The summed E-state index contributed by atoms with van der Waals surface area (Å²) in [6.45, 7) is 0. The van der Waals surface area contributed by atoms with Gasteiger partial charge >= 0.3 is 0 Å². The Morgan fingerprint density at radius 1 is 0.300 bits per heavy atom. The predicted octanol–water partition coefficient (Wildman–Crippen LogP) is 12.0. The molecule has 0 fully saturated rings. The van der Waals surface area contributed by atoms with E-state index in [-0.39, 0.29) is 0 Å². The fourth-order valence-electron chi connectivity index (χ4n) is 7.10. The molecular formula is C45H27N3O2. The largest absolute Gasteiger partial charge is 0.455 e. The topological polar surface area (TPSA) is 65.0 Å². The van der Waals surface area contributed by atoms with Crippen LogP contribution in [-0.4, -0.2) is 15.0 Å². The molecule has 0 aliphatic heterocycles. The third-order valence-electron chi connectivity index (χ3n) is 9.36. The summed E-state index contributed by atoms with van der Waals surface area (Å²) < 4.78 is 13.3. The van der Waals surface area contributed by atoms with E-state index in [0.29, 0.717) is 17.5 Å². The Bertz CT molecular complexity index is 2680. The fraction of sp³-hybridized carbons (Fsp3) is 0. The first-order chi connectivity index (χ1) is 24.8. The Hall–Kier alpha value is -6.85. The lowest BCUT2D eigenvalue weighted by atomic mass is 9.98. The lowest BCUT2D eigenvalue weighted by Crippen LogP contribution is -2.00. The van der Waals surface area contributed by atoms with Gasteiger partial charge in [0, 0.05) is 27.1 Å². The summed E-state index contributed by atoms with van der Waals surface area (Å²) in [5, 5.41) is 4.14. The second-order valence-electron chi connectivity index (χ2n) is 12.3. The average molecular weight is 642 g/mol. The number of fused-ring (bicyclic) bond motifs is 6. The summed E-state index contributed by atoms with van der Waals surface area (Å²) in [6, 6.07) is 55.6. The molecule has 10 aromatic rings. The highest BCUT2D eigenvalue weighted by atomic mass is 16.3. The standard InChI is InChI=1S/C45H27N3O2/c1-4-14-28(15-5-1)31-20-12-26-37-39(31)33-22-10-24-35(41(33)49-37)44-46-43(30-18-8-3-9-19-30)47-45(48-44)36-25-11-23-34-40-32(29-16-6-2-7-17-29)21-13-27-38(40)50-42(34)36/h1-27H. The highest BCUT2D eigenvalue weighted by Gasteiger charge is 2.22. The molecule has 0 atom stereocenters. The molecule has 3 aromatic heterocycles. The molecule has 0 unspecified atom stereocenters. The summed E-state index contributed by atoms with van der Waals surface area (Å²) >= 11 is 0. The van der Waals surface area contributed by atoms with Gasteiger partial charge in [-0.2, -0.15) is 0 Å². The number of furan rings is 2. The Morgan fingerprint density at radius 2 is 0.680 bits per heavy atom. The van der Waals surface area contributed by atoms with Gasteiger partial charge in [-0.3, -0.25) is 0 Å². The van der Waals surface area contributed by atoms with E-state index in [1.54, 1.807) is 0 Å². The second-order valence-corrected chi connectivity index (χ2v) is 12.3. The van der Waals surface area contributed by atoms with Crippen LogP contribution in [0, 0.1) is 0 Å². The molecule has 0 spiro atoms. The summed E-state index contributed by atoms with van der Waals surface area (Å²) in [7, 11) is 0. The number of benzene rings is 7. The van der Waals surface area contributed by atoms with Gasteiger partial charge < -0.3 is 8.83 Å². The van der Waals surface area contributed by atoms with E-state index < -0.39 is 0 Å². The molecule has 0 saturated heterocycles. The number of nitrogens with zero attached hydrogens (tertiary/aromatic N) is 3. The lowest BCUT2D eigenvalue weighted by Gasteiger charge is -2.09. The molecule has 0 radical (unpaired) electrons. The number of hydrogen-bond acceptors (Lipinski definition) is 5. The van der Waals surface area contributed by atoms with Gasteiger partial charge in [0.05, 0.1) is 11.1 Å². The summed E-state index contributed by atoms with van der Waals surface area (Å²) in [4.78, 5) is 15.3. The smallest absolute Gasteiger partial charge is 0.167 e. The Morgan fingerprint density at radius 3 is 1.14 bits per heavy atom. The molecule has 10 rings (SSSR count). The minimum atomic E-state index is 0.526. The molecule has 7 aromatic carbocycles. The molecule has 0 saturated carbocycles. The monoisotopic (exact) mass is 641 g/mol. The van der Waals surface area contributed by atoms with Crippen molar-refractivity contribution in [1.82, 2.24) is 15.0 Å². The quantitative estimate of drug-likeness (QED) is 0.187. The first-order valence-electron chi connectivity index (χ1n) is 16.6. The van der Waals surface area contributed by atoms with Gasteiger partial charge in [-0.25, -0.2) is 15.0 Å². The van der Waals surface area contributed by atoms with Crippen LogP contribution in [0.3, 0.4) is 0 Å². The van der Waals surface area contributed by atoms with Crippen LogP contribution in [0.1, 0.15) is 0 Å².